The molecule has 0 saturated carbocycles. The number of rotatable bonds is 9. The number of hydrogen-bond acceptors (Lipinski definition) is 4. The van der Waals surface area contributed by atoms with Crippen LogP contribution in [0.15, 0.2) is 36.4 Å². The molecule has 1 aromatic carbocycles. The van der Waals surface area contributed by atoms with Gasteiger partial charge in [-0.15, -0.1) is 0 Å². The lowest BCUT2D eigenvalue weighted by Crippen LogP contribution is -2.13. The van der Waals surface area contributed by atoms with Gasteiger partial charge in [-0.1, -0.05) is 50.8 Å². The van der Waals surface area contributed by atoms with Crippen LogP contribution in [0.4, 0.5) is 0 Å². The monoisotopic (exact) mass is 338 g/mol. The van der Waals surface area contributed by atoms with Crippen LogP contribution in [0.1, 0.15) is 39.5 Å². The SMILES string of the molecule is CCCCC(CC)COC(=O)/C=C/C(=O)Oc1cccc(Cl)c1. The number of benzene rings is 1. The molecule has 0 aromatic heterocycles. The van der Waals surface area contributed by atoms with E-state index in [4.69, 9.17) is 21.1 Å². The molecule has 0 saturated heterocycles. The minimum absolute atomic E-state index is 0.325. The highest BCUT2D eigenvalue weighted by Gasteiger charge is 2.09. The van der Waals surface area contributed by atoms with Crippen molar-refractivity contribution in [1.29, 1.82) is 0 Å². The zero-order valence-electron chi connectivity index (χ0n) is 13.6. The van der Waals surface area contributed by atoms with Gasteiger partial charge in [-0.2, -0.15) is 0 Å². The number of unbranched alkanes of at least 4 members (excludes halogenated alkanes) is 1. The van der Waals surface area contributed by atoms with Gasteiger partial charge in [0.1, 0.15) is 5.75 Å². The first-order valence-electron chi connectivity index (χ1n) is 7.87. The third kappa shape index (κ3) is 8.41. The van der Waals surface area contributed by atoms with Crippen LogP contribution in [0.3, 0.4) is 0 Å². The largest absolute Gasteiger partial charge is 0.462 e. The molecular formula is C18H23ClO4. The average Bonchev–Trinajstić information content (AvgIpc) is 2.53. The zero-order valence-corrected chi connectivity index (χ0v) is 14.3. The Balaban J connectivity index is 2.37. The van der Waals surface area contributed by atoms with Gasteiger partial charge in [-0.3, -0.25) is 0 Å². The summed E-state index contributed by atoms with van der Waals surface area (Å²) in [5, 5.41) is 0.469. The second-order valence-corrected chi connectivity index (χ2v) is 5.69. The second kappa shape index (κ2) is 10.8. The molecule has 0 aliphatic rings. The molecule has 126 valence electrons. The highest BCUT2D eigenvalue weighted by atomic mass is 35.5. The molecule has 5 heteroatoms. The van der Waals surface area contributed by atoms with E-state index in [1.54, 1.807) is 18.2 Å². The maximum atomic E-state index is 11.6. The normalized spacial score (nSPS) is 12.1. The second-order valence-electron chi connectivity index (χ2n) is 5.26. The highest BCUT2D eigenvalue weighted by Crippen LogP contribution is 2.17. The van der Waals surface area contributed by atoms with Crippen LogP contribution < -0.4 is 4.74 Å². The Bertz CT molecular complexity index is 540. The van der Waals surface area contributed by atoms with E-state index >= 15 is 0 Å². The molecule has 0 bridgehead atoms. The van der Waals surface area contributed by atoms with Crippen LogP contribution in [-0.2, 0) is 14.3 Å². The van der Waals surface area contributed by atoms with E-state index < -0.39 is 11.9 Å². The minimum atomic E-state index is -0.651. The Morgan fingerprint density at radius 2 is 1.96 bits per heavy atom. The van der Waals surface area contributed by atoms with Gasteiger partial charge in [-0.05, 0) is 30.5 Å². The van der Waals surface area contributed by atoms with Gasteiger partial charge >= 0.3 is 11.9 Å². The lowest BCUT2D eigenvalue weighted by Gasteiger charge is -2.13. The molecule has 0 amide bonds. The van der Waals surface area contributed by atoms with Gasteiger partial charge in [0.05, 0.1) is 6.61 Å². The zero-order chi connectivity index (χ0) is 17.1. The van der Waals surface area contributed by atoms with Crippen LogP contribution in [0.25, 0.3) is 0 Å². The maximum Gasteiger partial charge on any atom is 0.336 e. The molecule has 0 spiro atoms. The van der Waals surface area contributed by atoms with Gasteiger partial charge < -0.3 is 9.47 Å². The molecule has 0 N–H and O–H groups in total. The minimum Gasteiger partial charge on any atom is -0.462 e. The van der Waals surface area contributed by atoms with Crippen molar-refractivity contribution < 1.29 is 19.1 Å². The van der Waals surface area contributed by atoms with Gasteiger partial charge in [0, 0.05) is 17.2 Å². The predicted molar refractivity (Wildman–Crippen MR) is 90.5 cm³/mol. The number of carbonyl (C=O) groups is 2. The molecule has 0 aliphatic carbocycles. The summed E-state index contributed by atoms with van der Waals surface area (Å²) in [5.41, 5.74) is 0. The van der Waals surface area contributed by atoms with Crippen LogP contribution >= 0.6 is 11.6 Å². The van der Waals surface area contributed by atoms with Gasteiger partial charge in [-0.25, -0.2) is 9.59 Å². The molecule has 1 atom stereocenters. The number of ether oxygens (including phenoxy) is 2. The smallest absolute Gasteiger partial charge is 0.336 e. The summed E-state index contributed by atoms with van der Waals surface area (Å²) in [4.78, 5) is 23.2. The first-order valence-corrected chi connectivity index (χ1v) is 8.25. The summed E-state index contributed by atoms with van der Waals surface area (Å²) < 4.78 is 10.2. The van der Waals surface area contributed by atoms with E-state index in [9.17, 15) is 9.59 Å². The molecule has 0 heterocycles. The average molecular weight is 339 g/mol. The molecule has 0 radical (unpaired) electrons. The van der Waals surface area contributed by atoms with Crippen molar-refractivity contribution in [1.82, 2.24) is 0 Å². The summed E-state index contributed by atoms with van der Waals surface area (Å²) in [6.45, 7) is 4.59. The third-order valence-electron chi connectivity index (χ3n) is 3.37. The molecule has 0 aliphatic heterocycles. The maximum absolute atomic E-state index is 11.6. The van der Waals surface area contributed by atoms with E-state index in [2.05, 4.69) is 13.8 Å². The van der Waals surface area contributed by atoms with Crippen LogP contribution in [0, 0.1) is 5.92 Å². The summed E-state index contributed by atoms with van der Waals surface area (Å²) in [7, 11) is 0. The fourth-order valence-electron chi connectivity index (χ4n) is 1.96. The lowest BCUT2D eigenvalue weighted by atomic mass is 10.0. The van der Waals surface area contributed by atoms with Crippen molar-refractivity contribution in [3.05, 3.63) is 41.4 Å². The number of carbonyl (C=O) groups excluding carboxylic acids is 2. The van der Waals surface area contributed by atoms with E-state index in [1.807, 2.05) is 0 Å². The van der Waals surface area contributed by atoms with Crippen LogP contribution in [0.5, 0.6) is 5.75 Å². The molecule has 1 unspecified atom stereocenters. The van der Waals surface area contributed by atoms with Crippen molar-refractivity contribution in [2.45, 2.75) is 39.5 Å². The van der Waals surface area contributed by atoms with E-state index in [-0.39, 0.29) is 0 Å². The summed E-state index contributed by atoms with van der Waals surface area (Å²) in [5.74, 6) is -0.498. The first kappa shape index (κ1) is 19.2. The molecular weight excluding hydrogens is 316 g/mol. The van der Waals surface area contributed by atoms with E-state index in [0.717, 1.165) is 37.8 Å². The quantitative estimate of drug-likeness (QED) is 0.376. The fourth-order valence-corrected chi connectivity index (χ4v) is 2.14. The first-order chi connectivity index (χ1) is 11.0. The number of halogens is 1. The van der Waals surface area contributed by atoms with Crippen molar-refractivity contribution in [2.75, 3.05) is 6.61 Å². The summed E-state index contributed by atoms with van der Waals surface area (Å²) >= 11 is 5.79. The van der Waals surface area contributed by atoms with Gasteiger partial charge in [0.15, 0.2) is 0 Å². The highest BCUT2D eigenvalue weighted by molar-refractivity contribution is 6.30. The van der Waals surface area contributed by atoms with Crippen LogP contribution in [0.2, 0.25) is 5.02 Å². The topological polar surface area (TPSA) is 52.6 Å². The Labute approximate surface area is 142 Å². The van der Waals surface area contributed by atoms with Crippen molar-refractivity contribution in [3.63, 3.8) is 0 Å². The Morgan fingerprint density at radius 3 is 2.61 bits per heavy atom. The summed E-state index contributed by atoms with van der Waals surface area (Å²) in [6.07, 6.45) is 6.39. The predicted octanol–water partition coefficient (Wildman–Crippen LogP) is 4.56. The van der Waals surface area contributed by atoms with Crippen LogP contribution in [-0.4, -0.2) is 18.5 Å². The number of hydrogen-bond donors (Lipinski definition) is 0. The van der Waals surface area contributed by atoms with E-state index in [0.29, 0.717) is 23.3 Å². The molecule has 1 rings (SSSR count). The van der Waals surface area contributed by atoms with E-state index in [1.165, 1.54) is 6.07 Å². The fraction of sp³-hybridized carbons (Fsp3) is 0.444. The summed E-state index contributed by atoms with van der Waals surface area (Å²) in [6, 6.07) is 6.47. The van der Waals surface area contributed by atoms with Gasteiger partial charge in [0.2, 0.25) is 0 Å². The standard InChI is InChI=1S/C18H23ClO4/c1-3-5-7-14(4-2)13-22-17(20)10-11-18(21)23-16-9-6-8-15(19)12-16/h6,8-12,14H,3-5,7,13H2,1-2H3/b11-10+. The lowest BCUT2D eigenvalue weighted by molar-refractivity contribution is -0.139. The Hall–Kier alpha value is -1.81. The molecule has 23 heavy (non-hydrogen) atoms. The van der Waals surface area contributed by atoms with Crippen molar-refractivity contribution >= 4 is 23.5 Å². The third-order valence-corrected chi connectivity index (χ3v) is 3.61. The molecule has 1 aromatic rings. The van der Waals surface area contributed by atoms with Crippen molar-refractivity contribution in [3.8, 4) is 5.75 Å². The Morgan fingerprint density at radius 1 is 1.22 bits per heavy atom. The molecule has 4 nitrogen and oxygen atoms in total. The Kier molecular flexibility index (Phi) is 9.07. The van der Waals surface area contributed by atoms with Gasteiger partial charge in [0.25, 0.3) is 0 Å². The van der Waals surface area contributed by atoms with Crippen molar-refractivity contribution in [2.24, 2.45) is 5.92 Å². The molecule has 0 fully saturated rings. The number of esters is 2.